The van der Waals surface area contributed by atoms with Crippen LogP contribution in [0, 0.1) is 0 Å². The molecule has 32 heavy (non-hydrogen) atoms. The standard InChI is InChI=1S/C28H30N4/c1-27(2,3)25-21-11-9-19(30-21)15-17-7-8-18(29-17)16-20-10-12-22(31-20)26(28(4,5)6)24-14-13-23(25)32-24/h7-16,29-30H,1-6H3. The number of aromatic nitrogens is 4. The fourth-order valence-electron chi connectivity index (χ4n) is 4.63. The van der Waals surface area contributed by atoms with Gasteiger partial charge in [0.05, 0.1) is 22.8 Å². The van der Waals surface area contributed by atoms with Crippen LogP contribution < -0.4 is 0 Å². The van der Waals surface area contributed by atoms with E-state index in [0.717, 1.165) is 50.4 Å². The minimum Gasteiger partial charge on any atom is -0.355 e. The molecule has 162 valence electrons. The van der Waals surface area contributed by atoms with Crippen molar-refractivity contribution in [3.63, 3.8) is 0 Å². The summed E-state index contributed by atoms with van der Waals surface area (Å²) in [5, 5.41) is 0. The molecule has 5 heterocycles. The smallest absolute Gasteiger partial charge is 0.0696 e. The van der Waals surface area contributed by atoms with Gasteiger partial charge in [0.25, 0.3) is 0 Å². The van der Waals surface area contributed by atoms with Crippen LogP contribution >= 0.6 is 0 Å². The van der Waals surface area contributed by atoms with Crippen LogP contribution in [0.5, 0.6) is 0 Å². The Morgan fingerprint density at radius 1 is 0.562 bits per heavy atom. The SMILES string of the molecule is CC(C)(C)c1c2nc(cc3ccc(cc4ccc([nH]4)c(C(C)(C)C)c4nc1C=C4)[nH]3)C=C2. The van der Waals surface area contributed by atoms with Gasteiger partial charge in [0.2, 0.25) is 0 Å². The summed E-state index contributed by atoms with van der Waals surface area (Å²) in [7, 11) is 0. The van der Waals surface area contributed by atoms with Gasteiger partial charge in [-0.15, -0.1) is 0 Å². The van der Waals surface area contributed by atoms with Crippen LogP contribution in [-0.4, -0.2) is 19.9 Å². The van der Waals surface area contributed by atoms with E-state index in [-0.39, 0.29) is 10.8 Å². The summed E-state index contributed by atoms with van der Waals surface area (Å²) in [6.07, 6.45) is 8.48. The van der Waals surface area contributed by atoms with E-state index < -0.39 is 0 Å². The zero-order valence-corrected chi connectivity index (χ0v) is 19.7. The molecule has 0 atom stereocenters. The average Bonchev–Trinajstić information content (AvgIpc) is 3.44. The molecule has 0 aromatic carbocycles. The minimum atomic E-state index is -0.0985. The summed E-state index contributed by atoms with van der Waals surface area (Å²) in [6.45, 7) is 13.4. The molecule has 0 aliphatic carbocycles. The molecule has 2 aliphatic rings. The molecule has 4 nitrogen and oxygen atoms in total. The molecule has 8 bridgehead atoms. The summed E-state index contributed by atoms with van der Waals surface area (Å²) in [6, 6.07) is 12.7. The second kappa shape index (κ2) is 7.06. The van der Waals surface area contributed by atoms with E-state index in [9.17, 15) is 0 Å². The Balaban J connectivity index is 1.97. The highest BCUT2D eigenvalue weighted by atomic mass is 14.8. The number of H-pyrrole nitrogens is 2. The lowest BCUT2D eigenvalue weighted by Gasteiger charge is -2.21. The van der Waals surface area contributed by atoms with Crippen molar-refractivity contribution in [2.45, 2.75) is 52.4 Å². The predicted octanol–water partition coefficient (Wildman–Crippen LogP) is 7.25. The van der Waals surface area contributed by atoms with Gasteiger partial charge in [0.15, 0.2) is 0 Å². The van der Waals surface area contributed by atoms with Crippen molar-refractivity contribution in [2.75, 3.05) is 0 Å². The van der Waals surface area contributed by atoms with Gasteiger partial charge in [-0.2, -0.15) is 0 Å². The Labute approximate surface area is 189 Å². The molecule has 0 fully saturated rings. The van der Waals surface area contributed by atoms with Gasteiger partial charge >= 0.3 is 0 Å². The lowest BCUT2D eigenvalue weighted by Crippen LogP contribution is -2.16. The number of fused-ring (bicyclic) bond motifs is 8. The molecule has 2 N–H and O–H groups in total. The molecule has 0 amide bonds. The minimum absolute atomic E-state index is 0.0750. The largest absolute Gasteiger partial charge is 0.355 e. The molecule has 3 aromatic rings. The van der Waals surface area contributed by atoms with E-state index >= 15 is 0 Å². The normalized spacial score (nSPS) is 13.7. The maximum Gasteiger partial charge on any atom is 0.0696 e. The molecular formula is C28H30N4. The molecule has 4 heteroatoms. The Bertz CT molecular complexity index is 1430. The molecule has 0 radical (unpaired) electrons. The topological polar surface area (TPSA) is 57.4 Å². The monoisotopic (exact) mass is 422 g/mol. The van der Waals surface area contributed by atoms with Crippen LogP contribution in [0.1, 0.15) is 75.4 Å². The Hall–Kier alpha value is -3.40. The van der Waals surface area contributed by atoms with E-state index in [2.05, 4.69) is 112 Å². The van der Waals surface area contributed by atoms with Crippen LogP contribution in [0.4, 0.5) is 0 Å². The molecule has 0 saturated heterocycles. The zero-order chi connectivity index (χ0) is 22.7. The summed E-state index contributed by atoms with van der Waals surface area (Å²) < 4.78 is 0. The first kappa shape index (κ1) is 20.5. The zero-order valence-electron chi connectivity index (χ0n) is 19.7. The van der Waals surface area contributed by atoms with Crippen LogP contribution in [0.3, 0.4) is 0 Å². The molecule has 3 aromatic heterocycles. The number of nitrogens with one attached hydrogen (secondary N) is 2. The third kappa shape index (κ3) is 3.70. The highest BCUT2D eigenvalue weighted by Gasteiger charge is 2.26. The van der Waals surface area contributed by atoms with Gasteiger partial charge in [-0.1, -0.05) is 41.5 Å². The second-order valence-corrected chi connectivity index (χ2v) is 10.7. The van der Waals surface area contributed by atoms with Crippen molar-refractivity contribution in [2.24, 2.45) is 0 Å². The van der Waals surface area contributed by atoms with Gasteiger partial charge in [0, 0.05) is 33.2 Å². The van der Waals surface area contributed by atoms with E-state index in [1.54, 1.807) is 0 Å². The van der Waals surface area contributed by atoms with Crippen molar-refractivity contribution < 1.29 is 0 Å². The molecular weight excluding hydrogens is 392 g/mol. The van der Waals surface area contributed by atoms with Gasteiger partial charge in [-0.25, -0.2) is 9.97 Å². The van der Waals surface area contributed by atoms with Crippen molar-refractivity contribution in [1.82, 2.24) is 19.9 Å². The first-order valence-corrected chi connectivity index (χ1v) is 11.2. The molecule has 2 aliphatic heterocycles. The fraction of sp³-hybridized carbons (Fsp3) is 0.286. The lowest BCUT2D eigenvalue weighted by atomic mass is 9.84. The lowest BCUT2D eigenvalue weighted by molar-refractivity contribution is 0.582. The third-order valence-corrected chi connectivity index (χ3v) is 5.89. The maximum absolute atomic E-state index is 5.15. The van der Waals surface area contributed by atoms with Crippen molar-refractivity contribution in [3.05, 3.63) is 70.3 Å². The second-order valence-electron chi connectivity index (χ2n) is 10.7. The number of rotatable bonds is 0. The quantitative estimate of drug-likeness (QED) is 0.276. The summed E-state index contributed by atoms with van der Waals surface area (Å²) >= 11 is 0. The fourth-order valence-corrected chi connectivity index (χ4v) is 4.63. The summed E-state index contributed by atoms with van der Waals surface area (Å²) in [4.78, 5) is 17.2. The molecule has 0 saturated carbocycles. The van der Waals surface area contributed by atoms with E-state index in [1.165, 1.54) is 5.56 Å². The molecule has 0 unspecified atom stereocenters. The van der Waals surface area contributed by atoms with Crippen molar-refractivity contribution >= 4 is 46.4 Å². The first-order chi connectivity index (χ1) is 15.1. The molecule has 5 rings (SSSR count). The van der Waals surface area contributed by atoms with Gasteiger partial charge < -0.3 is 9.97 Å². The van der Waals surface area contributed by atoms with Gasteiger partial charge in [0.1, 0.15) is 0 Å². The Morgan fingerprint density at radius 3 is 1.78 bits per heavy atom. The molecule has 0 spiro atoms. The van der Waals surface area contributed by atoms with Crippen LogP contribution in [0.25, 0.3) is 46.4 Å². The van der Waals surface area contributed by atoms with Gasteiger partial charge in [-0.05, 0) is 71.5 Å². The van der Waals surface area contributed by atoms with E-state index in [4.69, 9.17) is 9.97 Å². The van der Waals surface area contributed by atoms with E-state index in [0.29, 0.717) is 0 Å². The van der Waals surface area contributed by atoms with Crippen molar-refractivity contribution in [3.8, 4) is 0 Å². The van der Waals surface area contributed by atoms with Crippen LogP contribution in [0.15, 0.2) is 36.4 Å². The highest BCUT2D eigenvalue weighted by Crippen LogP contribution is 2.35. The van der Waals surface area contributed by atoms with Gasteiger partial charge in [-0.3, -0.25) is 0 Å². The number of hydrogen-bond acceptors (Lipinski definition) is 2. The highest BCUT2D eigenvalue weighted by molar-refractivity contribution is 5.82. The van der Waals surface area contributed by atoms with E-state index in [1.807, 2.05) is 0 Å². The summed E-state index contributed by atoms with van der Waals surface area (Å²) in [5.74, 6) is 0. The average molecular weight is 423 g/mol. The first-order valence-electron chi connectivity index (χ1n) is 11.2. The Kier molecular flexibility index (Phi) is 4.52. The Morgan fingerprint density at radius 2 is 1.09 bits per heavy atom. The summed E-state index contributed by atoms with van der Waals surface area (Å²) in [5.41, 5.74) is 10.4. The number of nitrogens with zero attached hydrogens (tertiary/aromatic N) is 2. The third-order valence-electron chi connectivity index (χ3n) is 5.89. The number of hydrogen-bond donors (Lipinski definition) is 2. The van der Waals surface area contributed by atoms with Crippen LogP contribution in [-0.2, 0) is 10.8 Å². The maximum atomic E-state index is 5.15. The number of aromatic amines is 2. The van der Waals surface area contributed by atoms with Crippen LogP contribution in [0.2, 0.25) is 0 Å². The predicted molar refractivity (Wildman–Crippen MR) is 136 cm³/mol. The van der Waals surface area contributed by atoms with Crippen molar-refractivity contribution in [1.29, 1.82) is 0 Å².